The van der Waals surface area contributed by atoms with Crippen LogP contribution in [0.2, 0.25) is 0 Å². The van der Waals surface area contributed by atoms with Crippen molar-refractivity contribution < 1.29 is 4.79 Å². The molecule has 0 bridgehead atoms. The molecule has 0 spiro atoms. The summed E-state index contributed by atoms with van der Waals surface area (Å²) in [7, 11) is 0. The molecule has 0 radical (unpaired) electrons. The summed E-state index contributed by atoms with van der Waals surface area (Å²) in [5.41, 5.74) is 0. The van der Waals surface area contributed by atoms with Crippen molar-refractivity contribution in [2.45, 2.75) is 46.0 Å². The predicted octanol–water partition coefficient (Wildman–Crippen LogP) is 1.68. The van der Waals surface area contributed by atoms with Gasteiger partial charge in [0.15, 0.2) is 0 Å². The number of amides is 1. The molecule has 0 unspecified atom stereocenters. The molecule has 0 heterocycles. The topological polar surface area (TPSA) is 41.1 Å². The molecule has 0 saturated heterocycles. The highest BCUT2D eigenvalue weighted by atomic mass is 16.1. The van der Waals surface area contributed by atoms with Crippen molar-refractivity contribution in [3.05, 3.63) is 0 Å². The monoisotopic (exact) mass is 200 g/mol. The highest BCUT2D eigenvalue weighted by Crippen LogP contribution is 1.97. The van der Waals surface area contributed by atoms with Crippen LogP contribution in [0.25, 0.3) is 0 Å². The Hall–Kier alpha value is -0.570. The molecule has 0 fully saturated rings. The number of carbonyl (C=O) groups excluding carboxylic acids is 1. The fraction of sp³-hybridized carbons (Fsp3) is 0.909. The highest BCUT2D eigenvalue weighted by Gasteiger charge is 1.91. The lowest BCUT2D eigenvalue weighted by Crippen LogP contribution is -2.20. The molecule has 3 heteroatoms. The second-order valence-electron chi connectivity index (χ2n) is 3.65. The summed E-state index contributed by atoms with van der Waals surface area (Å²) < 4.78 is 0. The Morgan fingerprint density at radius 1 is 1.00 bits per heavy atom. The van der Waals surface area contributed by atoms with Crippen molar-refractivity contribution in [1.29, 1.82) is 0 Å². The van der Waals surface area contributed by atoms with Gasteiger partial charge in [-0.25, -0.2) is 0 Å². The molecule has 1 amide bonds. The van der Waals surface area contributed by atoms with Crippen molar-refractivity contribution in [2.24, 2.45) is 0 Å². The second kappa shape index (κ2) is 10.5. The van der Waals surface area contributed by atoms with Crippen LogP contribution in [-0.2, 0) is 4.79 Å². The third-order valence-corrected chi connectivity index (χ3v) is 2.08. The van der Waals surface area contributed by atoms with Gasteiger partial charge in [0.05, 0.1) is 0 Å². The van der Waals surface area contributed by atoms with Gasteiger partial charge in [0.1, 0.15) is 0 Å². The van der Waals surface area contributed by atoms with Crippen molar-refractivity contribution in [2.75, 3.05) is 19.6 Å². The van der Waals surface area contributed by atoms with E-state index in [1.165, 1.54) is 25.7 Å². The Labute approximate surface area is 87.6 Å². The van der Waals surface area contributed by atoms with Gasteiger partial charge in [0, 0.05) is 13.5 Å². The van der Waals surface area contributed by atoms with Gasteiger partial charge in [-0.3, -0.25) is 4.79 Å². The van der Waals surface area contributed by atoms with E-state index < -0.39 is 0 Å². The number of hydrogen-bond acceptors (Lipinski definition) is 2. The standard InChI is InChI=1S/C11H24N2O/c1-3-8-12-9-6-4-5-7-10-13-11(2)14/h12H,3-10H2,1-2H3,(H,13,14). The first-order valence-electron chi connectivity index (χ1n) is 5.72. The minimum absolute atomic E-state index is 0.0783. The highest BCUT2D eigenvalue weighted by molar-refractivity contribution is 5.72. The maximum atomic E-state index is 10.5. The molecule has 0 atom stereocenters. The molecular formula is C11H24N2O. The summed E-state index contributed by atoms with van der Waals surface area (Å²) in [6.45, 7) is 6.84. The fourth-order valence-corrected chi connectivity index (χ4v) is 1.29. The summed E-state index contributed by atoms with van der Waals surface area (Å²) in [6.07, 6.45) is 6.04. The Bertz CT molecular complexity index is 137. The van der Waals surface area contributed by atoms with Crippen molar-refractivity contribution in [3.63, 3.8) is 0 Å². The summed E-state index contributed by atoms with van der Waals surface area (Å²) in [4.78, 5) is 10.5. The molecule has 0 aliphatic rings. The summed E-state index contributed by atoms with van der Waals surface area (Å²) in [6, 6.07) is 0. The van der Waals surface area contributed by atoms with Crippen LogP contribution in [0.15, 0.2) is 0 Å². The zero-order chi connectivity index (χ0) is 10.6. The Morgan fingerprint density at radius 3 is 2.21 bits per heavy atom. The van der Waals surface area contributed by atoms with Crippen LogP contribution in [0.3, 0.4) is 0 Å². The average Bonchev–Trinajstić information content (AvgIpc) is 2.15. The predicted molar refractivity (Wildman–Crippen MR) is 60.3 cm³/mol. The zero-order valence-corrected chi connectivity index (χ0v) is 9.57. The normalized spacial score (nSPS) is 10.1. The van der Waals surface area contributed by atoms with Gasteiger partial charge in [-0.1, -0.05) is 19.8 Å². The van der Waals surface area contributed by atoms with Crippen LogP contribution in [0.5, 0.6) is 0 Å². The van der Waals surface area contributed by atoms with E-state index >= 15 is 0 Å². The van der Waals surface area contributed by atoms with Crippen LogP contribution in [-0.4, -0.2) is 25.5 Å². The summed E-state index contributed by atoms with van der Waals surface area (Å²) in [5, 5.41) is 6.18. The Morgan fingerprint density at radius 2 is 1.64 bits per heavy atom. The van der Waals surface area contributed by atoms with Crippen molar-refractivity contribution in [1.82, 2.24) is 10.6 Å². The fourth-order valence-electron chi connectivity index (χ4n) is 1.29. The SMILES string of the molecule is CCCNCCCCCCNC(C)=O. The number of nitrogens with one attached hydrogen (secondary N) is 2. The molecule has 0 aromatic heterocycles. The van der Waals surface area contributed by atoms with E-state index in [0.29, 0.717) is 0 Å². The van der Waals surface area contributed by atoms with Gasteiger partial charge in [0.2, 0.25) is 5.91 Å². The second-order valence-corrected chi connectivity index (χ2v) is 3.65. The van der Waals surface area contributed by atoms with Crippen molar-refractivity contribution in [3.8, 4) is 0 Å². The largest absolute Gasteiger partial charge is 0.356 e. The molecule has 0 rings (SSSR count). The Balaban J connectivity index is 2.88. The number of carbonyl (C=O) groups is 1. The summed E-state index contributed by atoms with van der Waals surface area (Å²) >= 11 is 0. The molecule has 0 aromatic carbocycles. The van der Waals surface area contributed by atoms with E-state index in [2.05, 4.69) is 17.6 Å². The van der Waals surface area contributed by atoms with E-state index in [4.69, 9.17) is 0 Å². The quantitative estimate of drug-likeness (QED) is 0.556. The maximum Gasteiger partial charge on any atom is 0.216 e. The van der Waals surface area contributed by atoms with Gasteiger partial charge in [-0.2, -0.15) is 0 Å². The van der Waals surface area contributed by atoms with Gasteiger partial charge in [-0.05, 0) is 32.4 Å². The van der Waals surface area contributed by atoms with Crippen molar-refractivity contribution >= 4 is 5.91 Å². The van der Waals surface area contributed by atoms with Crippen LogP contribution in [0, 0.1) is 0 Å². The molecule has 0 aromatic rings. The third-order valence-electron chi connectivity index (χ3n) is 2.08. The number of hydrogen-bond donors (Lipinski definition) is 2. The lowest BCUT2D eigenvalue weighted by Gasteiger charge is -2.03. The number of rotatable bonds is 9. The van der Waals surface area contributed by atoms with Crippen LogP contribution >= 0.6 is 0 Å². The van der Waals surface area contributed by atoms with E-state index in [-0.39, 0.29) is 5.91 Å². The Kier molecular flexibility index (Phi) is 10.1. The average molecular weight is 200 g/mol. The third kappa shape index (κ3) is 11.4. The molecule has 84 valence electrons. The lowest BCUT2D eigenvalue weighted by molar-refractivity contribution is -0.118. The first kappa shape index (κ1) is 13.4. The molecular weight excluding hydrogens is 176 g/mol. The maximum absolute atomic E-state index is 10.5. The van der Waals surface area contributed by atoms with Gasteiger partial charge in [-0.15, -0.1) is 0 Å². The molecule has 3 nitrogen and oxygen atoms in total. The lowest BCUT2D eigenvalue weighted by atomic mass is 10.2. The van der Waals surface area contributed by atoms with E-state index in [9.17, 15) is 4.79 Å². The molecule has 0 aliphatic carbocycles. The first-order chi connectivity index (χ1) is 6.77. The van der Waals surface area contributed by atoms with Gasteiger partial charge >= 0.3 is 0 Å². The first-order valence-corrected chi connectivity index (χ1v) is 5.72. The smallest absolute Gasteiger partial charge is 0.216 e. The van der Waals surface area contributed by atoms with Crippen LogP contribution < -0.4 is 10.6 Å². The molecule has 0 aliphatic heterocycles. The van der Waals surface area contributed by atoms with Crippen LogP contribution in [0.1, 0.15) is 46.0 Å². The molecule has 2 N–H and O–H groups in total. The minimum atomic E-state index is 0.0783. The summed E-state index contributed by atoms with van der Waals surface area (Å²) in [5.74, 6) is 0.0783. The minimum Gasteiger partial charge on any atom is -0.356 e. The van der Waals surface area contributed by atoms with E-state index in [0.717, 1.165) is 26.1 Å². The molecule has 14 heavy (non-hydrogen) atoms. The van der Waals surface area contributed by atoms with Gasteiger partial charge < -0.3 is 10.6 Å². The van der Waals surface area contributed by atoms with Gasteiger partial charge in [0.25, 0.3) is 0 Å². The van der Waals surface area contributed by atoms with E-state index in [1.807, 2.05) is 0 Å². The van der Waals surface area contributed by atoms with Crippen LogP contribution in [0.4, 0.5) is 0 Å². The van der Waals surface area contributed by atoms with E-state index in [1.54, 1.807) is 6.92 Å². The number of unbranched alkanes of at least 4 members (excludes halogenated alkanes) is 3. The molecule has 0 saturated carbocycles. The zero-order valence-electron chi connectivity index (χ0n) is 9.57.